The van der Waals surface area contributed by atoms with Gasteiger partial charge in [-0.25, -0.2) is 0 Å². The van der Waals surface area contributed by atoms with Gasteiger partial charge in [-0.1, -0.05) is 30.3 Å². The largest absolute Gasteiger partial charge is 0.354 e. The molecule has 106 valence electrons. The Bertz CT molecular complexity index is 599. The second-order valence-corrected chi connectivity index (χ2v) is 5.39. The molecule has 0 atom stereocenters. The summed E-state index contributed by atoms with van der Waals surface area (Å²) in [4.78, 5) is 12.2. The summed E-state index contributed by atoms with van der Waals surface area (Å²) in [6.45, 7) is 8.30. The number of nitrogens with one attached hydrogen (secondary N) is 1. The van der Waals surface area contributed by atoms with Crippen molar-refractivity contribution in [1.29, 1.82) is 0 Å². The van der Waals surface area contributed by atoms with Crippen LogP contribution in [0, 0.1) is 6.92 Å². The molecule has 0 saturated heterocycles. The topological polar surface area (TPSA) is 46.9 Å². The van der Waals surface area contributed by atoms with Crippen molar-refractivity contribution in [3.05, 3.63) is 42.1 Å². The van der Waals surface area contributed by atoms with Crippen LogP contribution in [0.4, 0.5) is 0 Å². The number of aromatic nitrogens is 2. The van der Waals surface area contributed by atoms with Gasteiger partial charge in [-0.15, -0.1) is 0 Å². The summed E-state index contributed by atoms with van der Waals surface area (Å²) < 4.78 is 1.75. The van der Waals surface area contributed by atoms with E-state index in [-0.39, 0.29) is 5.91 Å². The van der Waals surface area contributed by atoms with Crippen LogP contribution in [0.15, 0.2) is 36.5 Å². The molecular formula is C16H21N3O. The molecule has 0 bridgehead atoms. The number of hydrogen-bond donors (Lipinski definition) is 1. The molecule has 1 aromatic carbocycles. The zero-order valence-corrected chi connectivity index (χ0v) is 12.5. The van der Waals surface area contributed by atoms with E-state index < -0.39 is 5.54 Å². The Morgan fingerprint density at radius 2 is 1.95 bits per heavy atom. The number of carbonyl (C=O) groups excluding carboxylic acids is 1. The number of likely N-dealkylation sites (N-methyl/N-ethyl adjacent to an activating group) is 1. The van der Waals surface area contributed by atoms with E-state index in [0.717, 1.165) is 16.8 Å². The Morgan fingerprint density at radius 1 is 1.30 bits per heavy atom. The van der Waals surface area contributed by atoms with Crippen molar-refractivity contribution in [1.82, 2.24) is 15.1 Å². The highest BCUT2D eigenvalue weighted by Gasteiger charge is 2.30. The Morgan fingerprint density at radius 3 is 2.55 bits per heavy atom. The van der Waals surface area contributed by atoms with Crippen molar-refractivity contribution in [2.24, 2.45) is 0 Å². The first-order chi connectivity index (χ1) is 9.46. The molecule has 0 saturated carbocycles. The quantitative estimate of drug-likeness (QED) is 0.929. The first-order valence-corrected chi connectivity index (χ1v) is 6.87. The highest BCUT2D eigenvalue weighted by molar-refractivity contribution is 5.83. The summed E-state index contributed by atoms with van der Waals surface area (Å²) in [5, 5.41) is 7.46. The van der Waals surface area contributed by atoms with Gasteiger partial charge in [0.05, 0.1) is 5.69 Å². The Labute approximate surface area is 119 Å². The number of rotatable bonds is 4. The number of aryl methyl sites for hydroxylation is 1. The number of amides is 1. The number of hydrogen-bond acceptors (Lipinski definition) is 2. The van der Waals surface area contributed by atoms with Crippen molar-refractivity contribution in [3.8, 4) is 11.3 Å². The molecule has 4 nitrogen and oxygen atoms in total. The lowest BCUT2D eigenvalue weighted by Crippen LogP contribution is -2.44. The SMILES string of the molecule is CCNC(=O)C(C)(C)n1cc(C)c(-c2ccccc2)n1. The second-order valence-electron chi connectivity index (χ2n) is 5.39. The van der Waals surface area contributed by atoms with Gasteiger partial charge in [-0.2, -0.15) is 5.10 Å². The van der Waals surface area contributed by atoms with Crippen molar-refractivity contribution in [2.45, 2.75) is 33.2 Å². The molecule has 1 amide bonds. The molecule has 1 aromatic heterocycles. The smallest absolute Gasteiger partial charge is 0.247 e. The predicted molar refractivity (Wildman–Crippen MR) is 80.4 cm³/mol. The van der Waals surface area contributed by atoms with Crippen LogP contribution >= 0.6 is 0 Å². The minimum atomic E-state index is -0.701. The van der Waals surface area contributed by atoms with Crippen LogP contribution in [-0.2, 0) is 10.3 Å². The molecule has 4 heteroatoms. The molecule has 1 heterocycles. The first kappa shape index (κ1) is 14.3. The van der Waals surface area contributed by atoms with Crippen LogP contribution < -0.4 is 5.32 Å². The summed E-state index contributed by atoms with van der Waals surface area (Å²) in [6.07, 6.45) is 1.93. The predicted octanol–water partition coefficient (Wildman–Crippen LogP) is 2.73. The van der Waals surface area contributed by atoms with Gasteiger partial charge >= 0.3 is 0 Å². The van der Waals surface area contributed by atoms with Crippen molar-refractivity contribution < 1.29 is 4.79 Å². The maximum Gasteiger partial charge on any atom is 0.247 e. The molecule has 0 aliphatic rings. The van der Waals surface area contributed by atoms with E-state index >= 15 is 0 Å². The third-order valence-corrected chi connectivity index (χ3v) is 3.41. The zero-order chi connectivity index (χ0) is 14.8. The summed E-state index contributed by atoms with van der Waals surface area (Å²) >= 11 is 0. The molecule has 2 rings (SSSR count). The van der Waals surface area contributed by atoms with Crippen LogP contribution in [-0.4, -0.2) is 22.2 Å². The van der Waals surface area contributed by atoms with Crippen LogP contribution in [0.3, 0.4) is 0 Å². The molecule has 0 radical (unpaired) electrons. The number of nitrogens with zero attached hydrogens (tertiary/aromatic N) is 2. The van der Waals surface area contributed by atoms with Crippen molar-refractivity contribution in [2.75, 3.05) is 6.54 Å². The maximum atomic E-state index is 12.2. The number of benzene rings is 1. The number of carbonyl (C=O) groups is 1. The van der Waals surface area contributed by atoms with Gasteiger partial charge in [0.1, 0.15) is 5.54 Å². The van der Waals surface area contributed by atoms with E-state index in [0.29, 0.717) is 6.54 Å². The average molecular weight is 271 g/mol. The molecule has 20 heavy (non-hydrogen) atoms. The molecule has 0 aliphatic carbocycles. The molecular weight excluding hydrogens is 250 g/mol. The Hall–Kier alpha value is -2.10. The van der Waals surface area contributed by atoms with Crippen LogP contribution in [0.1, 0.15) is 26.3 Å². The van der Waals surface area contributed by atoms with E-state index in [2.05, 4.69) is 10.4 Å². The fraction of sp³-hybridized carbons (Fsp3) is 0.375. The monoisotopic (exact) mass is 271 g/mol. The fourth-order valence-corrected chi connectivity index (χ4v) is 2.11. The summed E-state index contributed by atoms with van der Waals surface area (Å²) in [5.74, 6) is -0.0258. The lowest BCUT2D eigenvalue weighted by atomic mass is 10.1. The zero-order valence-electron chi connectivity index (χ0n) is 12.5. The van der Waals surface area contributed by atoms with Crippen molar-refractivity contribution in [3.63, 3.8) is 0 Å². The van der Waals surface area contributed by atoms with Crippen LogP contribution in [0.2, 0.25) is 0 Å². The Balaban J connectivity index is 2.39. The lowest BCUT2D eigenvalue weighted by Gasteiger charge is -2.23. The van der Waals surface area contributed by atoms with E-state index in [1.807, 2.05) is 64.2 Å². The summed E-state index contributed by atoms with van der Waals surface area (Å²) in [6, 6.07) is 10.0. The molecule has 0 fully saturated rings. The Kier molecular flexibility index (Phi) is 3.93. The van der Waals surface area contributed by atoms with E-state index in [1.165, 1.54) is 0 Å². The van der Waals surface area contributed by atoms with Crippen LogP contribution in [0.25, 0.3) is 11.3 Å². The van der Waals surface area contributed by atoms with Gasteiger partial charge in [0.25, 0.3) is 0 Å². The van der Waals surface area contributed by atoms with Crippen molar-refractivity contribution >= 4 is 5.91 Å². The maximum absolute atomic E-state index is 12.2. The van der Waals surface area contributed by atoms with E-state index in [9.17, 15) is 4.79 Å². The third kappa shape index (κ3) is 2.59. The van der Waals surface area contributed by atoms with Gasteiger partial charge in [-0.3, -0.25) is 9.48 Å². The second kappa shape index (κ2) is 5.49. The fourth-order valence-electron chi connectivity index (χ4n) is 2.11. The van der Waals surface area contributed by atoms with Gasteiger partial charge in [0.15, 0.2) is 0 Å². The van der Waals surface area contributed by atoms with E-state index in [1.54, 1.807) is 4.68 Å². The molecule has 2 aromatic rings. The molecule has 1 N–H and O–H groups in total. The lowest BCUT2D eigenvalue weighted by molar-refractivity contribution is -0.128. The summed E-state index contributed by atoms with van der Waals surface area (Å²) in [5.41, 5.74) is 2.35. The first-order valence-electron chi connectivity index (χ1n) is 6.87. The minimum absolute atomic E-state index is 0.0258. The van der Waals surface area contributed by atoms with E-state index in [4.69, 9.17) is 0 Å². The van der Waals surface area contributed by atoms with Gasteiger partial charge in [0.2, 0.25) is 5.91 Å². The third-order valence-electron chi connectivity index (χ3n) is 3.41. The minimum Gasteiger partial charge on any atom is -0.354 e. The summed E-state index contributed by atoms with van der Waals surface area (Å²) in [7, 11) is 0. The van der Waals surface area contributed by atoms with Gasteiger partial charge in [0, 0.05) is 18.3 Å². The van der Waals surface area contributed by atoms with Gasteiger partial charge in [-0.05, 0) is 33.3 Å². The standard InChI is InChI=1S/C16H21N3O/c1-5-17-15(20)16(3,4)19-11-12(2)14(18-19)13-9-7-6-8-10-13/h6-11H,5H2,1-4H3,(H,17,20). The highest BCUT2D eigenvalue weighted by atomic mass is 16.2. The van der Waals surface area contributed by atoms with Crippen LogP contribution in [0.5, 0.6) is 0 Å². The average Bonchev–Trinajstić information content (AvgIpc) is 2.83. The molecule has 0 unspecified atom stereocenters. The molecule has 0 spiro atoms. The highest BCUT2D eigenvalue weighted by Crippen LogP contribution is 2.24. The normalized spacial score (nSPS) is 11.4. The molecule has 0 aliphatic heterocycles. The van der Waals surface area contributed by atoms with Gasteiger partial charge < -0.3 is 5.32 Å².